The summed E-state index contributed by atoms with van der Waals surface area (Å²) in [6.07, 6.45) is 4.07. The van der Waals surface area contributed by atoms with Crippen LogP contribution in [-0.4, -0.2) is 40.0 Å². The molecular formula is C24H25N3O4S. The molecular weight excluding hydrogens is 426 g/mol. The van der Waals surface area contributed by atoms with E-state index >= 15 is 0 Å². The van der Waals surface area contributed by atoms with Crippen LogP contribution in [0.25, 0.3) is 10.9 Å². The SMILES string of the molecule is O=C(CSc1nc2ccccc2c(=O)n1C[C@@H]1COc2ccccc2O1)NC1CCCC1. The monoisotopic (exact) mass is 451 g/mol. The minimum Gasteiger partial charge on any atom is -0.486 e. The largest absolute Gasteiger partial charge is 0.486 e. The zero-order valence-electron chi connectivity index (χ0n) is 17.7. The maximum absolute atomic E-state index is 13.3. The number of aromatic nitrogens is 2. The van der Waals surface area contributed by atoms with Crippen molar-refractivity contribution in [1.82, 2.24) is 14.9 Å². The molecule has 32 heavy (non-hydrogen) atoms. The first kappa shape index (κ1) is 20.9. The van der Waals surface area contributed by atoms with Gasteiger partial charge in [0.05, 0.1) is 23.2 Å². The fourth-order valence-electron chi connectivity index (χ4n) is 4.25. The highest BCUT2D eigenvalue weighted by Crippen LogP contribution is 2.31. The van der Waals surface area contributed by atoms with Gasteiger partial charge in [0.25, 0.3) is 5.56 Å². The second-order valence-electron chi connectivity index (χ2n) is 8.16. The average Bonchev–Trinajstić information content (AvgIpc) is 3.33. The van der Waals surface area contributed by atoms with Gasteiger partial charge in [-0.1, -0.05) is 48.9 Å². The van der Waals surface area contributed by atoms with Gasteiger partial charge in [-0.15, -0.1) is 0 Å². The molecule has 7 nitrogen and oxygen atoms in total. The maximum Gasteiger partial charge on any atom is 0.262 e. The van der Waals surface area contributed by atoms with Gasteiger partial charge in [-0.3, -0.25) is 14.2 Å². The number of thioether (sulfide) groups is 1. The van der Waals surface area contributed by atoms with E-state index in [1.54, 1.807) is 10.6 Å². The molecule has 1 fully saturated rings. The highest BCUT2D eigenvalue weighted by molar-refractivity contribution is 7.99. The fraction of sp³-hybridized carbons (Fsp3) is 0.375. The van der Waals surface area contributed by atoms with Crippen molar-refractivity contribution in [1.29, 1.82) is 0 Å². The van der Waals surface area contributed by atoms with Gasteiger partial charge in [0.15, 0.2) is 22.8 Å². The zero-order chi connectivity index (χ0) is 21.9. The molecule has 1 aromatic heterocycles. The number of hydrogen-bond acceptors (Lipinski definition) is 6. The summed E-state index contributed by atoms with van der Waals surface area (Å²) in [5, 5.41) is 4.15. The van der Waals surface area contributed by atoms with Crippen molar-refractivity contribution in [3.63, 3.8) is 0 Å². The number of rotatable bonds is 6. The summed E-state index contributed by atoms with van der Waals surface area (Å²) in [5.74, 6) is 1.55. The second kappa shape index (κ2) is 9.24. The average molecular weight is 452 g/mol. The first-order valence-corrected chi connectivity index (χ1v) is 12.0. The van der Waals surface area contributed by atoms with Crippen LogP contribution in [0, 0.1) is 0 Å². The molecule has 0 spiro atoms. The van der Waals surface area contributed by atoms with Crippen LogP contribution < -0.4 is 20.3 Å². The standard InChI is InChI=1S/C24H25N3O4S/c28-22(25-16-7-1-2-8-16)15-32-24-26-19-10-4-3-9-18(19)23(29)27(24)13-17-14-30-20-11-5-6-12-21(20)31-17/h3-6,9-12,16-17H,1-2,7-8,13-15H2,(H,25,28)/t17-/m1/s1. The zero-order valence-corrected chi connectivity index (χ0v) is 18.5. The number of amides is 1. The Labute approximate surface area is 190 Å². The number of hydrogen-bond donors (Lipinski definition) is 1. The van der Waals surface area contributed by atoms with E-state index in [0.29, 0.717) is 34.2 Å². The van der Waals surface area contributed by atoms with Crippen molar-refractivity contribution in [3.8, 4) is 11.5 Å². The van der Waals surface area contributed by atoms with Crippen LogP contribution in [0.3, 0.4) is 0 Å². The van der Waals surface area contributed by atoms with Crippen molar-refractivity contribution >= 4 is 28.6 Å². The van der Waals surface area contributed by atoms with Crippen LogP contribution >= 0.6 is 11.8 Å². The van der Waals surface area contributed by atoms with E-state index < -0.39 is 0 Å². The highest BCUT2D eigenvalue weighted by atomic mass is 32.2. The lowest BCUT2D eigenvalue weighted by molar-refractivity contribution is -0.119. The number of ether oxygens (including phenoxy) is 2. The van der Waals surface area contributed by atoms with Gasteiger partial charge in [-0.2, -0.15) is 0 Å². The summed E-state index contributed by atoms with van der Waals surface area (Å²) in [6, 6.07) is 15.0. The van der Waals surface area contributed by atoms with Gasteiger partial charge < -0.3 is 14.8 Å². The number of fused-ring (bicyclic) bond motifs is 2. The molecule has 0 radical (unpaired) electrons. The predicted molar refractivity (Wildman–Crippen MR) is 123 cm³/mol. The first-order chi connectivity index (χ1) is 15.7. The third kappa shape index (κ3) is 4.46. The Morgan fingerprint density at radius 1 is 1.09 bits per heavy atom. The van der Waals surface area contributed by atoms with Crippen molar-refractivity contribution in [2.45, 2.75) is 49.5 Å². The Hall–Kier alpha value is -3.00. The predicted octanol–water partition coefficient (Wildman–Crippen LogP) is 3.39. The number of nitrogens with one attached hydrogen (secondary N) is 1. The Morgan fingerprint density at radius 3 is 2.69 bits per heavy atom. The molecule has 1 saturated carbocycles. The van der Waals surface area contributed by atoms with E-state index in [0.717, 1.165) is 25.7 Å². The lowest BCUT2D eigenvalue weighted by atomic mass is 10.2. The van der Waals surface area contributed by atoms with E-state index in [4.69, 9.17) is 14.5 Å². The minimum atomic E-state index is -0.336. The van der Waals surface area contributed by atoms with Crippen LogP contribution in [0.1, 0.15) is 25.7 Å². The van der Waals surface area contributed by atoms with Gasteiger partial charge in [0.2, 0.25) is 5.91 Å². The smallest absolute Gasteiger partial charge is 0.262 e. The van der Waals surface area contributed by atoms with E-state index in [1.807, 2.05) is 42.5 Å². The van der Waals surface area contributed by atoms with Gasteiger partial charge >= 0.3 is 0 Å². The summed E-state index contributed by atoms with van der Waals surface area (Å²) in [4.78, 5) is 30.5. The molecule has 1 amide bonds. The van der Waals surface area contributed by atoms with Crippen LogP contribution in [0.2, 0.25) is 0 Å². The summed E-state index contributed by atoms with van der Waals surface area (Å²) >= 11 is 1.29. The number of carbonyl (C=O) groups is 1. The number of nitrogens with zero attached hydrogens (tertiary/aromatic N) is 2. The van der Waals surface area contributed by atoms with Gasteiger partial charge in [0.1, 0.15) is 6.61 Å². The Balaban J connectivity index is 1.38. The second-order valence-corrected chi connectivity index (χ2v) is 9.10. The van der Waals surface area contributed by atoms with Crippen molar-refractivity contribution < 1.29 is 14.3 Å². The van der Waals surface area contributed by atoms with Gasteiger partial charge in [-0.25, -0.2) is 4.98 Å². The van der Waals surface area contributed by atoms with Crippen LogP contribution in [0.5, 0.6) is 11.5 Å². The van der Waals surface area contributed by atoms with Gasteiger partial charge in [0, 0.05) is 6.04 Å². The van der Waals surface area contributed by atoms with E-state index in [-0.39, 0.29) is 35.9 Å². The van der Waals surface area contributed by atoms with Gasteiger partial charge in [-0.05, 0) is 37.1 Å². The third-order valence-electron chi connectivity index (χ3n) is 5.83. The lowest BCUT2D eigenvalue weighted by Crippen LogP contribution is -2.38. The number of carbonyl (C=O) groups excluding carboxylic acids is 1. The number of para-hydroxylation sites is 3. The van der Waals surface area contributed by atoms with E-state index in [9.17, 15) is 9.59 Å². The molecule has 2 aromatic carbocycles. The summed E-state index contributed by atoms with van der Waals surface area (Å²) in [6.45, 7) is 0.625. The Kier molecular flexibility index (Phi) is 6.03. The molecule has 5 rings (SSSR count). The molecule has 0 bridgehead atoms. The summed E-state index contributed by atoms with van der Waals surface area (Å²) in [7, 11) is 0. The molecule has 0 unspecified atom stereocenters. The van der Waals surface area contributed by atoms with Crippen LogP contribution in [0.4, 0.5) is 0 Å². The third-order valence-corrected chi connectivity index (χ3v) is 6.81. The molecule has 2 heterocycles. The molecule has 8 heteroatoms. The molecule has 166 valence electrons. The maximum atomic E-state index is 13.3. The quantitative estimate of drug-likeness (QED) is 0.457. The molecule has 3 aromatic rings. The molecule has 1 N–H and O–H groups in total. The molecule has 1 aliphatic carbocycles. The van der Waals surface area contributed by atoms with Crippen LogP contribution in [-0.2, 0) is 11.3 Å². The lowest BCUT2D eigenvalue weighted by Gasteiger charge is -2.27. The Morgan fingerprint density at radius 2 is 1.84 bits per heavy atom. The molecule has 1 atom stereocenters. The topological polar surface area (TPSA) is 82.5 Å². The van der Waals surface area contributed by atoms with Crippen molar-refractivity contribution in [2.75, 3.05) is 12.4 Å². The minimum absolute atomic E-state index is 0.0259. The van der Waals surface area contributed by atoms with E-state index in [1.165, 1.54) is 11.8 Å². The van der Waals surface area contributed by atoms with Crippen LogP contribution in [0.15, 0.2) is 58.5 Å². The number of benzene rings is 2. The molecule has 1 aliphatic heterocycles. The highest BCUT2D eigenvalue weighted by Gasteiger charge is 2.24. The summed E-state index contributed by atoms with van der Waals surface area (Å²) in [5.41, 5.74) is 0.482. The van der Waals surface area contributed by atoms with E-state index in [2.05, 4.69) is 5.32 Å². The normalized spacial score (nSPS) is 18.1. The fourth-order valence-corrected chi connectivity index (χ4v) is 5.06. The molecule has 0 saturated heterocycles. The molecule has 2 aliphatic rings. The summed E-state index contributed by atoms with van der Waals surface area (Å²) < 4.78 is 13.5. The van der Waals surface area contributed by atoms with Crippen molar-refractivity contribution in [3.05, 3.63) is 58.9 Å². The van der Waals surface area contributed by atoms with Crippen molar-refractivity contribution in [2.24, 2.45) is 0 Å². The first-order valence-electron chi connectivity index (χ1n) is 11.0. The Bertz CT molecular complexity index is 1190.